The Kier molecular flexibility index (Phi) is 5.96. The molecule has 0 unspecified atom stereocenters. The SMILES string of the molecule is O=C(CN1CCc2nc(NC(=O)c3ccccn3)sc2C1)Nc1cccc([N+](=O)[O-])c1. The molecule has 0 bridgehead atoms. The third kappa shape index (κ3) is 5.08. The van der Waals surface area contributed by atoms with Crippen LogP contribution in [0.5, 0.6) is 0 Å². The summed E-state index contributed by atoms with van der Waals surface area (Å²) < 4.78 is 0. The first-order chi connectivity index (χ1) is 15.0. The Balaban J connectivity index is 1.35. The lowest BCUT2D eigenvalue weighted by molar-refractivity contribution is -0.384. The van der Waals surface area contributed by atoms with E-state index in [4.69, 9.17) is 0 Å². The Bertz CT molecular complexity index is 1130. The van der Waals surface area contributed by atoms with Gasteiger partial charge in [-0.1, -0.05) is 12.1 Å². The molecule has 2 amide bonds. The number of thiazole rings is 1. The Labute approximate surface area is 181 Å². The Morgan fingerprint density at radius 3 is 2.84 bits per heavy atom. The summed E-state index contributed by atoms with van der Waals surface area (Å²) in [4.78, 5) is 46.5. The third-order valence-corrected chi connectivity index (χ3v) is 5.63. The molecule has 0 atom stereocenters. The van der Waals surface area contributed by atoms with Gasteiger partial charge in [0.2, 0.25) is 5.91 Å². The van der Waals surface area contributed by atoms with E-state index in [0.717, 1.165) is 10.6 Å². The van der Waals surface area contributed by atoms with Crippen LogP contribution in [0.25, 0.3) is 0 Å². The zero-order valence-electron chi connectivity index (χ0n) is 16.3. The maximum Gasteiger partial charge on any atom is 0.276 e. The maximum atomic E-state index is 12.4. The molecule has 2 N–H and O–H groups in total. The molecular weight excluding hydrogens is 420 g/mol. The highest BCUT2D eigenvalue weighted by Gasteiger charge is 2.23. The number of pyridine rings is 1. The van der Waals surface area contributed by atoms with E-state index in [-0.39, 0.29) is 24.0 Å². The zero-order valence-corrected chi connectivity index (χ0v) is 17.1. The predicted octanol–water partition coefficient (Wildman–Crippen LogP) is 2.70. The lowest BCUT2D eigenvalue weighted by atomic mass is 10.2. The van der Waals surface area contributed by atoms with E-state index in [1.54, 1.807) is 30.5 Å². The van der Waals surface area contributed by atoms with Gasteiger partial charge < -0.3 is 5.32 Å². The summed E-state index contributed by atoms with van der Waals surface area (Å²) in [6.45, 7) is 1.33. The van der Waals surface area contributed by atoms with Gasteiger partial charge in [-0.2, -0.15) is 0 Å². The Hall–Kier alpha value is -3.70. The molecule has 1 aromatic carbocycles. The monoisotopic (exact) mass is 438 g/mol. The molecule has 0 spiro atoms. The highest BCUT2D eigenvalue weighted by molar-refractivity contribution is 7.15. The number of nitro benzene ring substituents is 1. The van der Waals surface area contributed by atoms with Crippen molar-refractivity contribution in [2.45, 2.75) is 13.0 Å². The number of benzene rings is 1. The van der Waals surface area contributed by atoms with Crippen LogP contribution < -0.4 is 10.6 Å². The van der Waals surface area contributed by atoms with E-state index >= 15 is 0 Å². The molecule has 31 heavy (non-hydrogen) atoms. The standard InChI is InChI=1S/C20H18N6O4S/c27-18(22-13-4-3-5-14(10-13)26(29)30)12-25-9-7-15-17(11-25)31-20(23-15)24-19(28)16-6-1-2-8-21-16/h1-6,8,10H,7,9,11-12H2,(H,22,27)(H,23,24,28). The number of amides is 2. The summed E-state index contributed by atoms with van der Waals surface area (Å²) in [7, 11) is 0. The van der Waals surface area contributed by atoms with E-state index in [2.05, 4.69) is 20.6 Å². The lowest BCUT2D eigenvalue weighted by Gasteiger charge is -2.25. The van der Waals surface area contributed by atoms with E-state index in [9.17, 15) is 19.7 Å². The van der Waals surface area contributed by atoms with Crippen molar-refractivity contribution in [2.24, 2.45) is 0 Å². The molecular formula is C20H18N6O4S. The molecule has 158 valence electrons. The number of nitro groups is 1. The van der Waals surface area contributed by atoms with Crippen molar-refractivity contribution in [1.29, 1.82) is 0 Å². The molecule has 1 aliphatic heterocycles. The minimum absolute atomic E-state index is 0.0784. The largest absolute Gasteiger partial charge is 0.325 e. The van der Waals surface area contributed by atoms with Gasteiger partial charge in [-0.05, 0) is 18.2 Å². The highest BCUT2D eigenvalue weighted by Crippen LogP contribution is 2.28. The molecule has 4 rings (SSSR count). The number of carbonyl (C=O) groups excluding carboxylic acids is 2. The fourth-order valence-electron chi connectivity index (χ4n) is 3.20. The average Bonchev–Trinajstić information content (AvgIpc) is 3.16. The number of non-ortho nitro benzene ring substituents is 1. The van der Waals surface area contributed by atoms with Crippen LogP contribution in [-0.2, 0) is 17.8 Å². The molecule has 2 aromatic heterocycles. The Morgan fingerprint density at radius 2 is 2.06 bits per heavy atom. The number of carbonyl (C=O) groups is 2. The van der Waals surface area contributed by atoms with Gasteiger partial charge in [-0.25, -0.2) is 4.98 Å². The highest BCUT2D eigenvalue weighted by atomic mass is 32.1. The van der Waals surface area contributed by atoms with E-state index in [0.29, 0.717) is 36.0 Å². The predicted molar refractivity (Wildman–Crippen MR) is 115 cm³/mol. The van der Waals surface area contributed by atoms with Crippen LogP contribution >= 0.6 is 11.3 Å². The number of nitrogens with one attached hydrogen (secondary N) is 2. The van der Waals surface area contributed by atoms with Crippen molar-refractivity contribution in [1.82, 2.24) is 14.9 Å². The normalized spacial score (nSPS) is 13.3. The van der Waals surface area contributed by atoms with Gasteiger partial charge >= 0.3 is 0 Å². The number of nitrogens with zero attached hydrogens (tertiary/aromatic N) is 4. The quantitative estimate of drug-likeness (QED) is 0.447. The molecule has 3 heterocycles. The molecule has 0 aliphatic carbocycles. The van der Waals surface area contributed by atoms with Crippen molar-refractivity contribution in [3.8, 4) is 0 Å². The van der Waals surface area contributed by atoms with Crippen LogP contribution in [0.2, 0.25) is 0 Å². The molecule has 0 saturated carbocycles. The number of hydrogen-bond acceptors (Lipinski definition) is 8. The average molecular weight is 438 g/mol. The maximum absolute atomic E-state index is 12.4. The van der Waals surface area contributed by atoms with Gasteiger partial charge in [-0.3, -0.25) is 34.9 Å². The second kappa shape index (κ2) is 8.98. The number of aromatic nitrogens is 2. The molecule has 11 heteroatoms. The molecule has 0 fully saturated rings. The fourth-order valence-corrected chi connectivity index (χ4v) is 4.24. The third-order valence-electron chi connectivity index (χ3n) is 4.64. The first-order valence-electron chi connectivity index (χ1n) is 9.45. The molecule has 10 nitrogen and oxygen atoms in total. The number of hydrogen-bond donors (Lipinski definition) is 2. The van der Waals surface area contributed by atoms with E-state index in [1.165, 1.54) is 29.5 Å². The molecule has 3 aromatic rings. The summed E-state index contributed by atoms with van der Waals surface area (Å²) >= 11 is 1.38. The second-order valence-corrected chi connectivity index (χ2v) is 7.96. The molecule has 0 radical (unpaired) electrons. The van der Waals surface area contributed by atoms with Crippen LogP contribution in [0, 0.1) is 10.1 Å². The number of anilines is 2. The van der Waals surface area contributed by atoms with Crippen molar-refractivity contribution < 1.29 is 14.5 Å². The summed E-state index contributed by atoms with van der Waals surface area (Å²) in [5, 5.41) is 16.8. The number of fused-ring (bicyclic) bond motifs is 1. The van der Waals surface area contributed by atoms with Gasteiger partial charge in [-0.15, -0.1) is 11.3 Å². The van der Waals surface area contributed by atoms with Crippen LogP contribution in [-0.4, -0.2) is 44.7 Å². The van der Waals surface area contributed by atoms with Crippen LogP contribution in [0.4, 0.5) is 16.5 Å². The fraction of sp³-hybridized carbons (Fsp3) is 0.200. The minimum Gasteiger partial charge on any atom is -0.325 e. The zero-order chi connectivity index (χ0) is 21.8. The van der Waals surface area contributed by atoms with Gasteiger partial charge in [0.1, 0.15) is 5.69 Å². The lowest BCUT2D eigenvalue weighted by Crippen LogP contribution is -2.36. The Morgan fingerprint density at radius 1 is 1.19 bits per heavy atom. The van der Waals surface area contributed by atoms with E-state index in [1.807, 2.05) is 4.90 Å². The van der Waals surface area contributed by atoms with Crippen molar-refractivity contribution in [3.63, 3.8) is 0 Å². The first kappa shape index (κ1) is 20.6. The summed E-state index contributed by atoms with van der Waals surface area (Å²) in [6.07, 6.45) is 2.22. The van der Waals surface area contributed by atoms with E-state index < -0.39 is 4.92 Å². The number of rotatable bonds is 6. The van der Waals surface area contributed by atoms with Gasteiger partial charge in [0.25, 0.3) is 11.6 Å². The second-order valence-electron chi connectivity index (χ2n) is 6.87. The van der Waals surface area contributed by atoms with Crippen LogP contribution in [0.1, 0.15) is 21.1 Å². The topological polar surface area (TPSA) is 130 Å². The van der Waals surface area contributed by atoms with Gasteiger partial charge in [0.15, 0.2) is 5.13 Å². The molecule has 0 saturated heterocycles. The summed E-state index contributed by atoms with van der Waals surface area (Å²) in [5.74, 6) is -0.572. The van der Waals surface area contributed by atoms with Crippen molar-refractivity contribution in [2.75, 3.05) is 23.7 Å². The van der Waals surface area contributed by atoms with Crippen molar-refractivity contribution >= 4 is 39.7 Å². The van der Waals surface area contributed by atoms with Crippen LogP contribution in [0.15, 0.2) is 48.7 Å². The first-order valence-corrected chi connectivity index (χ1v) is 10.3. The smallest absolute Gasteiger partial charge is 0.276 e. The minimum atomic E-state index is -0.504. The summed E-state index contributed by atoms with van der Waals surface area (Å²) in [6, 6.07) is 10.9. The summed E-state index contributed by atoms with van der Waals surface area (Å²) in [5.41, 5.74) is 1.53. The molecule has 1 aliphatic rings. The van der Waals surface area contributed by atoms with Gasteiger partial charge in [0.05, 0.1) is 17.2 Å². The van der Waals surface area contributed by atoms with Crippen LogP contribution in [0.3, 0.4) is 0 Å². The van der Waals surface area contributed by atoms with Gasteiger partial charge in [0, 0.05) is 48.4 Å². The van der Waals surface area contributed by atoms with Crippen molar-refractivity contribution in [3.05, 3.63) is 75.0 Å².